The van der Waals surface area contributed by atoms with E-state index in [4.69, 9.17) is 0 Å². The van der Waals surface area contributed by atoms with Gasteiger partial charge in [0.05, 0.1) is 0 Å². The van der Waals surface area contributed by atoms with Crippen LogP contribution >= 0.6 is 0 Å². The number of nitrogens with one attached hydrogen (secondary N) is 1. The van der Waals surface area contributed by atoms with Crippen LogP contribution in [0.15, 0.2) is 60.9 Å². The van der Waals surface area contributed by atoms with Gasteiger partial charge in [-0.3, -0.25) is 4.98 Å². The van der Waals surface area contributed by atoms with Gasteiger partial charge in [-0.25, -0.2) is 4.39 Å². The molecule has 3 heteroatoms. The molecule has 106 valence electrons. The lowest BCUT2D eigenvalue weighted by Crippen LogP contribution is -2.16. The van der Waals surface area contributed by atoms with E-state index in [1.165, 1.54) is 17.0 Å². The van der Waals surface area contributed by atoms with Gasteiger partial charge in [0, 0.05) is 24.3 Å². The first-order valence-corrected chi connectivity index (χ1v) is 7.09. The van der Waals surface area contributed by atoms with Crippen LogP contribution in [0.4, 0.5) is 4.39 Å². The van der Waals surface area contributed by atoms with Gasteiger partial charge in [-0.2, -0.15) is 0 Å². The quantitative estimate of drug-likeness (QED) is 0.721. The highest BCUT2D eigenvalue weighted by atomic mass is 19.1. The van der Waals surface area contributed by atoms with Crippen LogP contribution in [0.5, 0.6) is 0 Å². The SMILES string of the molecule is Fc1cccc(CCNCc2ccc3cnccc3c2)c1. The van der Waals surface area contributed by atoms with Crippen LogP contribution in [-0.2, 0) is 13.0 Å². The van der Waals surface area contributed by atoms with E-state index in [1.54, 1.807) is 12.1 Å². The van der Waals surface area contributed by atoms with Crippen molar-refractivity contribution in [3.8, 4) is 0 Å². The topological polar surface area (TPSA) is 24.9 Å². The number of nitrogens with zero attached hydrogens (tertiary/aromatic N) is 1. The summed E-state index contributed by atoms with van der Waals surface area (Å²) in [5, 5.41) is 5.75. The van der Waals surface area contributed by atoms with Gasteiger partial charge >= 0.3 is 0 Å². The lowest BCUT2D eigenvalue weighted by molar-refractivity contribution is 0.622. The summed E-state index contributed by atoms with van der Waals surface area (Å²) in [5.41, 5.74) is 2.26. The Morgan fingerprint density at radius 3 is 2.81 bits per heavy atom. The number of aromatic nitrogens is 1. The molecule has 0 fully saturated rings. The van der Waals surface area contributed by atoms with E-state index in [9.17, 15) is 4.39 Å². The molecule has 1 N–H and O–H groups in total. The van der Waals surface area contributed by atoms with Gasteiger partial charge in [0.1, 0.15) is 5.82 Å². The van der Waals surface area contributed by atoms with Crippen molar-refractivity contribution in [1.82, 2.24) is 10.3 Å². The molecular formula is C18H17FN2. The molecule has 21 heavy (non-hydrogen) atoms. The van der Waals surface area contributed by atoms with E-state index in [-0.39, 0.29) is 5.82 Å². The maximum Gasteiger partial charge on any atom is 0.123 e. The maximum absolute atomic E-state index is 13.1. The van der Waals surface area contributed by atoms with Gasteiger partial charge in [-0.15, -0.1) is 0 Å². The Kier molecular flexibility index (Phi) is 4.22. The third-order valence-electron chi connectivity index (χ3n) is 3.51. The number of rotatable bonds is 5. The van der Waals surface area contributed by atoms with Crippen LogP contribution < -0.4 is 5.32 Å². The molecule has 0 saturated carbocycles. The average Bonchev–Trinajstić information content (AvgIpc) is 2.51. The zero-order valence-electron chi connectivity index (χ0n) is 11.7. The van der Waals surface area contributed by atoms with Crippen LogP contribution in [0.1, 0.15) is 11.1 Å². The van der Waals surface area contributed by atoms with Gasteiger partial charge < -0.3 is 5.32 Å². The van der Waals surface area contributed by atoms with Crippen molar-refractivity contribution in [3.05, 3.63) is 77.9 Å². The van der Waals surface area contributed by atoms with Crippen LogP contribution in [0.25, 0.3) is 10.8 Å². The zero-order chi connectivity index (χ0) is 14.5. The monoisotopic (exact) mass is 280 g/mol. The second-order valence-electron chi connectivity index (χ2n) is 5.11. The number of hydrogen-bond acceptors (Lipinski definition) is 2. The average molecular weight is 280 g/mol. The molecule has 0 unspecified atom stereocenters. The molecular weight excluding hydrogens is 263 g/mol. The van der Waals surface area contributed by atoms with Gasteiger partial charge in [0.15, 0.2) is 0 Å². The maximum atomic E-state index is 13.1. The summed E-state index contributed by atoms with van der Waals surface area (Å²) in [6.07, 6.45) is 4.51. The Morgan fingerprint density at radius 2 is 1.90 bits per heavy atom. The predicted octanol–water partition coefficient (Wildman–Crippen LogP) is 3.71. The lowest BCUT2D eigenvalue weighted by atomic mass is 10.1. The first-order chi connectivity index (χ1) is 10.3. The third-order valence-corrected chi connectivity index (χ3v) is 3.51. The normalized spacial score (nSPS) is 10.9. The third kappa shape index (κ3) is 3.64. The molecule has 3 rings (SSSR count). The smallest absolute Gasteiger partial charge is 0.123 e. The summed E-state index contributed by atoms with van der Waals surface area (Å²) in [6.45, 7) is 1.64. The molecule has 0 aliphatic rings. The largest absolute Gasteiger partial charge is 0.312 e. The Hall–Kier alpha value is -2.26. The lowest BCUT2D eigenvalue weighted by Gasteiger charge is -2.06. The van der Waals surface area contributed by atoms with Crippen molar-refractivity contribution < 1.29 is 4.39 Å². The number of fused-ring (bicyclic) bond motifs is 1. The Balaban J connectivity index is 1.54. The fourth-order valence-corrected chi connectivity index (χ4v) is 2.40. The highest BCUT2D eigenvalue weighted by Gasteiger charge is 1.98. The van der Waals surface area contributed by atoms with Crippen molar-refractivity contribution >= 4 is 10.8 Å². The highest BCUT2D eigenvalue weighted by molar-refractivity contribution is 5.81. The first-order valence-electron chi connectivity index (χ1n) is 7.09. The summed E-state index contributed by atoms with van der Waals surface area (Å²) < 4.78 is 13.1. The molecule has 0 bridgehead atoms. The summed E-state index contributed by atoms with van der Waals surface area (Å²) in [6, 6.07) is 15.2. The number of pyridine rings is 1. The minimum absolute atomic E-state index is 0.171. The molecule has 3 aromatic rings. The van der Waals surface area contributed by atoms with Gasteiger partial charge in [-0.05, 0) is 53.7 Å². The predicted molar refractivity (Wildman–Crippen MR) is 83.6 cm³/mol. The number of hydrogen-bond donors (Lipinski definition) is 1. The summed E-state index contributed by atoms with van der Waals surface area (Å²) in [5.74, 6) is -0.171. The van der Waals surface area contributed by atoms with Crippen molar-refractivity contribution in [3.63, 3.8) is 0 Å². The fourth-order valence-electron chi connectivity index (χ4n) is 2.40. The highest BCUT2D eigenvalue weighted by Crippen LogP contribution is 2.14. The zero-order valence-corrected chi connectivity index (χ0v) is 11.7. The Morgan fingerprint density at radius 1 is 0.952 bits per heavy atom. The Labute approximate surface area is 123 Å². The molecule has 2 nitrogen and oxygen atoms in total. The molecule has 1 heterocycles. The van der Waals surface area contributed by atoms with Gasteiger partial charge in [0.25, 0.3) is 0 Å². The molecule has 0 aliphatic heterocycles. The van der Waals surface area contributed by atoms with Crippen LogP contribution in [0.3, 0.4) is 0 Å². The first kappa shape index (κ1) is 13.7. The van der Waals surface area contributed by atoms with Crippen LogP contribution in [-0.4, -0.2) is 11.5 Å². The van der Waals surface area contributed by atoms with Crippen molar-refractivity contribution in [1.29, 1.82) is 0 Å². The molecule has 0 aliphatic carbocycles. The van der Waals surface area contributed by atoms with Gasteiger partial charge in [-0.1, -0.05) is 24.3 Å². The van der Waals surface area contributed by atoms with E-state index in [0.717, 1.165) is 30.5 Å². The van der Waals surface area contributed by atoms with E-state index in [2.05, 4.69) is 28.5 Å². The van der Waals surface area contributed by atoms with E-state index >= 15 is 0 Å². The van der Waals surface area contributed by atoms with Crippen LogP contribution in [0.2, 0.25) is 0 Å². The fraction of sp³-hybridized carbons (Fsp3) is 0.167. The standard InChI is InChI=1S/C18H17FN2/c19-18-3-1-2-14(11-18)6-8-20-12-15-4-5-17-13-21-9-7-16(17)10-15/h1-5,7,9-11,13,20H,6,8,12H2. The van der Waals surface area contributed by atoms with Crippen molar-refractivity contribution in [2.24, 2.45) is 0 Å². The minimum Gasteiger partial charge on any atom is -0.312 e. The number of benzene rings is 2. The summed E-state index contributed by atoms with van der Waals surface area (Å²) >= 11 is 0. The molecule has 0 saturated heterocycles. The number of halogens is 1. The second-order valence-corrected chi connectivity index (χ2v) is 5.11. The summed E-state index contributed by atoms with van der Waals surface area (Å²) in [7, 11) is 0. The van der Waals surface area contributed by atoms with E-state index in [0.29, 0.717) is 0 Å². The van der Waals surface area contributed by atoms with Crippen molar-refractivity contribution in [2.45, 2.75) is 13.0 Å². The second kappa shape index (κ2) is 6.46. The van der Waals surface area contributed by atoms with Crippen molar-refractivity contribution in [2.75, 3.05) is 6.54 Å². The van der Waals surface area contributed by atoms with Crippen LogP contribution in [0, 0.1) is 5.82 Å². The molecule has 1 aromatic heterocycles. The minimum atomic E-state index is -0.171. The Bertz CT molecular complexity index is 740. The molecule has 0 atom stereocenters. The summed E-state index contributed by atoms with van der Waals surface area (Å²) in [4.78, 5) is 4.11. The molecule has 0 radical (unpaired) electrons. The van der Waals surface area contributed by atoms with Gasteiger partial charge in [0.2, 0.25) is 0 Å². The van der Waals surface area contributed by atoms with E-state index in [1.807, 2.05) is 24.5 Å². The molecule has 0 spiro atoms. The van der Waals surface area contributed by atoms with E-state index < -0.39 is 0 Å². The molecule has 2 aromatic carbocycles. The molecule has 0 amide bonds.